The van der Waals surface area contributed by atoms with Gasteiger partial charge < -0.3 is 9.80 Å². The first-order valence-corrected chi connectivity index (χ1v) is 6.89. The van der Waals surface area contributed by atoms with Crippen LogP contribution in [0.15, 0.2) is 18.2 Å². The van der Waals surface area contributed by atoms with Crippen molar-refractivity contribution < 1.29 is 18.0 Å². The van der Waals surface area contributed by atoms with Crippen LogP contribution in [-0.4, -0.2) is 49.1 Å². The predicted octanol–water partition coefficient (Wildman–Crippen LogP) is 2.24. The minimum Gasteiger partial charge on any atom is -0.334 e. The van der Waals surface area contributed by atoms with Crippen LogP contribution in [0, 0.1) is 0 Å². The van der Waals surface area contributed by atoms with Crippen LogP contribution in [0.5, 0.6) is 0 Å². The summed E-state index contributed by atoms with van der Waals surface area (Å²) in [4.78, 5) is 14.3. The van der Waals surface area contributed by atoms with Gasteiger partial charge in [-0.2, -0.15) is 13.2 Å². The molecule has 0 unspecified atom stereocenters. The van der Waals surface area contributed by atoms with Gasteiger partial charge in [-0.25, -0.2) is 0 Å². The number of carbonyl (C=O) groups excluding carboxylic acids is 1. The van der Waals surface area contributed by atoms with Gasteiger partial charge in [0.1, 0.15) is 0 Å². The Kier molecular flexibility index (Phi) is 4.56. The number of amides is 1. The second-order valence-corrected chi connectivity index (χ2v) is 5.63. The average molecular weight is 300 g/mol. The van der Waals surface area contributed by atoms with Crippen molar-refractivity contribution in [2.75, 3.05) is 27.2 Å². The highest BCUT2D eigenvalue weighted by Crippen LogP contribution is 2.23. The molecule has 0 fully saturated rings. The Hall–Kier alpha value is -1.56. The van der Waals surface area contributed by atoms with Crippen LogP contribution in [0.1, 0.15) is 16.7 Å². The number of alkyl halides is 3. The van der Waals surface area contributed by atoms with Gasteiger partial charge in [0.15, 0.2) is 0 Å². The fourth-order valence-electron chi connectivity index (χ4n) is 2.62. The van der Waals surface area contributed by atoms with Crippen LogP contribution in [0.2, 0.25) is 0 Å². The molecule has 0 spiro atoms. The maximum Gasteiger partial charge on any atom is 0.471 e. The zero-order valence-electron chi connectivity index (χ0n) is 12.2. The fourth-order valence-corrected chi connectivity index (χ4v) is 2.62. The van der Waals surface area contributed by atoms with E-state index in [-0.39, 0.29) is 13.1 Å². The Morgan fingerprint density at radius 3 is 2.38 bits per heavy atom. The van der Waals surface area contributed by atoms with Crippen molar-refractivity contribution >= 4 is 5.91 Å². The van der Waals surface area contributed by atoms with E-state index in [0.717, 1.165) is 28.1 Å². The van der Waals surface area contributed by atoms with E-state index < -0.39 is 12.1 Å². The van der Waals surface area contributed by atoms with Gasteiger partial charge in [0, 0.05) is 19.6 Å². The summed E-state index contributed by atoms with van der Waals surface area (Å²) < 4.78 is 37.5. The third-order valence-electron chi connectivity index (χ3n) is 3.60. The van der Waals surface area contributed by atoms with Gasteiger partial charge in [0.2, 0.25) is 0 Å². The first-order valence-electron chi connectivity index (χ1n) is 6.89. The Morgan fingerprint density at radius 2 is 1.81 bits per heavy atom. The highest BCUT2D eigenvalue weighted by atomic mass is 19.4. The Balaban J connectivity index is 2.12. The quantitative estimate of drug-likeness (QED) is 0.836. The molecule has 0 N–H and O–H groups in total. The molecular formula is C15H19F3N2O. The van der Waals surface area contributed by atoms with Crippen LogP contribution >= 0.6 is 0 Å². The first-order chi connectivity index (χ1) is 9.77. The smallest absolute Gasteiger partial charge is 0.334 e. The SMILES string of the molecule is CN(C)Cc1ccc2c(c1)CCN(C(=O)C(F)(F)F)CC2. The highest BCUT2D eigenvalue weighted by molar-refractivity contribution is 5.82. The minimum atomic E-state index is -4.79. The molecule has 1 heterocycles. The summed E-state index contributed by atoms with van der Waals surface area (Å²) in [6.45, 7) is 1.04. The van der Waals surface area contributed by atoms with Crippen molar-refractivity contribution in [3.8, 4) is 0 Å². The van der Waals surface area contributed by atoms with Crippen molar-refractivity contribution in [2.24, 2.45) is 0 Å². The lowest BCUT2D eigenvalue weighted by Gasteiger charge is -2.21. The summed E-state index contributed by atoms with van der Waals surface area (Å²) >= 11 is 0. The second-order valence-electron chi connectivity index (χ2n) is 5.63. The molecule has 0 radical (unpaired) electrons. The molecule has 0 saturated heterocycles. The number of fused-ring (bicyclic) bond motifs is 1. The molecule has 116 valence electrons. The van der Waals surface area contributed by atoms with E-state index in [4.69, 9.17) is 0 Å². The van der Waals surface area contributed by atoms with Gasteiger partial charge in [-0.05, 0) is 43.6 Å². The van der Waals surface area contributed by atoms with Gasteiger partial charge in [-0.15, -0.1) is 0 Å². The van der Waals surface area contributed by atoms with Crippen LogP contribution in [0.25, 0.3) is 0 Å². The van der Waals surface area contributed by atoms with Gasteiger partial charge in [-0.1, -0.05) is 18.2 Å². The summed E-state index contributed by atoms with van der Waals surface area (Å²) in [5.41, 5.74) is 3.22. The van der Waals surface area contributed by atoms with Crippen LogP contribution < -0.4 is 0 Å². The van der Waals surface area contributed by atoms with E-state index in [9.17, 15) is 18.0 Å². The number of rotatable bonds is 2. The minimum absolute atomic E-state index is 0.122. The predicted molar refractivity (Wildman–Crippen MR) is 73.9 cm³/mol. The lowest BCUT2D eigenvalue weighted by Crippen LogP contribution is -2.42. The van der Waals surface area contributed by atoms with Crippen molar-refractivity contribution in [3.05, 3.63) is 34.9 Å². The van der Waals surface area contributed by atoms with E-state index >= 15 is 0 Å². The first kappa shape index (κ1) is 15.8. The molecule has 0 atom stereocenters. The summed E-state index contributed by atoms with van der Waals surface area (Å²) in [5, 5.41) is 0. The third-order valence-corrected chi connectivity index (χ3v) is 3.60. The molecule has 1 amide bonds. The Labute approximate surface area is 122 Å². The van der Waals surface area contributed by atoms with E-state index in [1.807, 2.05) is 37.2 Å². The maximum absolute atomic E-state index is 12.5. The van der Waals surface area contributed by atoms with Gasteiger partial charge in [0.25, 0.3) is 0 Å². The van der Waals surface area contributed by atoms with Gasteiger partial charge >= 0.3 is 12.1 Å². The Morgan fingerprint density at radius 1 is 1.19 bits per heavy atom. The van der Waals surface area contributed by atoms with Crippen LogP contribution in [-0.2, 0) is 24.2 Å². The summed E-state index contributed by atoms with van der Waals surface area (Å²) in [6, 6.07) is 6.01. The van der Waals surface area contributed by atoms with Gasteiger partial charge in [-0.3, -0.25) is 4.79 Å². The maximum atomic E-state index is 12.5. The molecule has 1 aromatic carbocycles. The highest BCUT2D eigenvalue weighted by Gasteiger charge is 2.42. The number of halogens is 3. The normalized spacial score (nSPS) is 15.8. The van der Waals surface area contributed by atoms with E-state index in [1.54, 1.807) is 0 Å². The fraction of sp³-hybridized carbons (Fsp3) is 0.533. The third kappa shape index (κ3) is 3.97. The number of nitrogens with zero attached hydrogens (tertiary/aromatic N) is 2. The van der Waals surface area contributed by atoms with Crippen LogP contribution in [0.3, 0.4) is 0 Å². The lowest BCUT2D eigenvalue weighted by molar-refractivity contribution is -0.185. The summed E-state index contributed by atoms with van der Waals surface area (Å²) in [7, 11) is 3.94. The molecule has 0 aromatic heterocycles. The molecule has 1 aromatic rings. The molecule has 1 aliphatic heterocycles. The molecule has 0 bridgehead atoms. The number of carbonyl (C=O) groups is 1. The number of benzene rings is 1. The monoisotopic (exact) mass is 300 g/mol. The lowest BCUT2D eigenvalue weighted by atomic mass is 10.00. The van der Waals surface area contributed by atoms with Crippen LogP contribution in [0.4, 0.5) is 13.2 Å². The molecule has 3 nitrogen and oxygen atoms in total. The molecule has 2 rings (SSSR count). The standard InChI is InChI=1S/C15H19F3N2O/c1-19(2)10-11-3-4-12-5-7-20(8-6-13(12)9-11)14(21)15(16,17)18/h3-4,9H,5-8,10H2,1-2H3. The molecule has 21 heavy (non-hydrogen) atoms. The van der Waals surface area contributed by atoms with E-state index in [1.165, 1.54) is 0 Å². The molecular weight excluding hydrogens is 281 g/mol. The molecule has 6 heteroatoms. The second kappa shape index (κ2) is 6.05. The number of hydrogen-bond acceptors (Lipinski definition) is 2. The summed E-state index contributed by atoms with van der Waals surface area (Å²) in [6.07, 6.45) is -3.84. The zero-order valence-corrected chi connectivity index (χ0v) is 12.2. The van der Waals surface area contributed by atoms with Crippen molar-refractivity contribution in [3.63, 3.8) is 0 Å². The number of hydrogen-bond donors (Lipinski definition) is 0. The topological polar surface area (TPSA) is 23.6 Å². The van der Waals surface area contributed by atoms with Crippen molar-refractivity contribution in [2.45, 2.75) is 25.6 Å². The van der Waals surface area contributed by atoms with Crippen molar-refractivity contribution in [1.29, 1.82) is 0 Å². The van der Waals surface area contributed by atoms with E-state index in [0.29, 0.717) is 12.8 Å². The van der Waals surface area contributed by atoms with E-state index in [2.05, 4.69) is 0 Å². The zero-order chi connectivity index (χ0) is 15.6. The average Bonchev–Trinajstić information content (AvgIpc) is 2.58. The summed E-state index contributed by atoms with van der Waals surface area (Å²) in [5.74, 6) is -1.73. The largest absolute Gasteiger partial charge is 0.471 e. The molecule has 0 saturated carbocycles. The van der Waals surface area contributed by atoms with Gasteiger partial charge in [0.05, 0.1) is 0 Å². The van der Waals surface area contributed by atoms with Crippen molar-refractivity contribution in [1.82, 2.24) is 9.80 Å². The molecule has 1 aliphatic rings. The Bertz CT molecular complexity index is 526. The molecule has 0 aliphatic carbocycles.